The molecule has 0 amide bonds. The highest BCUT2D eigenvalue weighted by Crippen LogP contribution is 2.41. The maximum absolute atomic E-state index is 12.9. The molecular formula is C27H22N2O3S. The summed E-state index contributed by atoms with van der Waals surface area (Å²) in [5, 5.41) is 13.6. The Hall–Kier alpha value is -3.82. The van der Waals surface area contributed by atoms with Crippen molar-refractivity contribution in [2.24, 2.45) is 0 Å². The lowest BCUT2D eigenvalue weighted by Crippen LogP contribution is -2.27. The topological polar surface area (TPSA) is 83.1 Å². The van der Waals surface area contributed by atoms with Crippen LogP contribution >= 0.6 is 11.8 Å². The zero-order valence-corrected chi connectivity index (χ0v) is 19.1. The predicted molar refractivity (Wildman–Crippen MR) is 129 cm³/mol. The minimum Gasteiger partial charge on any atom is -0.468 e. The lowest BCUT2D eigenvalue weighted by molar-refractivity contribution is -0.113. The zero-order chi connectivity index (χ0) is 23.4. The highest BCUT2D eigenvalue weighted by atomic mass is 32.2. The number of rotatable bonds is 7. The molecule has 1 aliphatic heterocycles. The number of nitrogens with one attached hydrogen (secondary N) is 1. The van der Waals surface area contributed by atoms with E-state index in [1.54, 1.807) is 19.1 Å². The summed E-state index contributed by atoms with van der Waals surface area (Å²) in [7, 11) is 0. The van der Waals surface area contributed by atoms with Crippen LogP contribution in [0, 0.1) is 11.3 Å². The van der Waals surface area contributed by atoms with Gasteiger partial charge < -0.3 is 9.73 Å². The molecule has 1 aromatic heterocycles. The maximum atomic E-state index is 12.9. The fraction of sp³-hybridized carbons (Fsp3) is 0.148. The third-order valence-electron chi connectivity index (χ3n) is 5.52. The number of nitrogens with zero attached hydrogens (tertiary/aromatic N) is 1. The molecule has 0 saturated heterocycles. The van der Waals surface area contributed by atoms with Crippen molar-refractivity contribution in [3.05, 3.63) is 106 Å². The summed E-state index contributed by atoms with van der Waals surface area (Å²) >= 11 is 1.26. The number of hydrogen-bond donors (Lipinski definition) is 1. The molecular weight excluding hydrogens is 432 g/mol. The lowest BCUT2D eigenvalue weighted by atomic mass is 9.84. The lowest BCUT2D eigenvalue weighted by Gasteiger charge is -2.27. The van der Waals surface area contributed by atoms with Gasteiger partial charge in [-0.05, 0) is 37.1 Å². The molecule has 1 aliphatic rings. The van der Waals surface area contributed by atoms with Crippen molar-refractivity contribution in [2.45, 2.75) is 19.8 Å². The molecule has 3 aromatic rings. The smallest absolute Gasteiger partial charge is 0.173 e. The molecule has 33 heavy (non-hydrogen) atoms. The van der Waals surface area contributed by atoms with Crippen molar-refractivity contribution < 1.29 is 14.0 Å². The molecule has 0 fully saturated rings. The molecule has 0 saturated carbocycles. The van der Waals surface area contributed by atoms with Crippen molar-refractivity contribution in [1.29, 1.82) is 5.26 Å². The quantitative estimate of drug-likeness (QED) is 0.451. The number of Topliss-reactive ketones (excluding diaryl/α,β-unsaturated/α-hetero) is 2. The largest absolute Gasteiger partial charge is 0.468 e. The Balaban J connectivity index is 1.54. The van der Waals surface area contributed by atoms with E-state index in [1.165, 1.54) is 24.9 Å². The second-order valence-electron chi connectivity index (χ2n) is 7.68. The predicted octanol–water partition coefficient (Wildman–Crippen LogP) is 5.85. The number of hydrogen-bond acceptors (Lipinski definition) is 6. The van der Waals surface area contributed by atoms with Crippen LogP contribution in [0.25, 0.3) is 11.1 Å². The Morgan fingerprint density at radius 2 is 1.73 bits per heavy atom. The van der Waals surface area contributed by atoms with Gasteiger partial charge in [0.1, 0.15) is 5.76 Å². The van der Waals surface area contributed by atoms with Crippen LogP contribution in [-0.2, 0) is 4.79 Å². The standard InChI is InChI=1S/C27H22N2O3S/c1-17-25(18(2)30)26(24-9-6-14-32-24)22(15-28)27(29-17)33-16-23(31)21-12-10-20(11-13-21)19-7-4-3-5-8-19/h3-14,26,29H,16H2,1-2H3. The molecule has 1 N–H and O–H groups in total. The van der Waals surface area contributed by atoms with Crippen LogP contribution < -0.4 is 5.32 Å². The number of thioether (sulfide) groups is 1. The molecule has 0 aliphatic carbocycles. The third kappa shape index (κ3) is 4.69. The summed E-state index contributed by atoms with van der Waals surface area (Å²) in [6.07, 6.45) is 1.52. The van der Waals surface area contributed by atoms with E-state index < -0.39 is 5.92 Å². The number of carbonyl (C=O) groups excluding carboxylic acids is 2. The van der Waals surface area contributed by atoms with Crippen molar-refractivity contribution in [2.75, 3.05) is 5.75 Å². The molecule has 0 radical (unpaired) electrons. The fourth-order valence-electron chi connectivity index (χ4n) is 3.93. The van der Waals surface area contributed by atoms with Gasteiger partial charge in [0.15, 0.2) is 11.6 Å². The maximum Gasteiger partial charge on any atom is 0.173 e. The number of nitriles is 1. The Morgan fingerprint density at radius 1 is 1.03 bits per heavy atom. The van der Waals surface area contributed by atoms with Crippen LogP contribution in [0.1, 0.15) is 35.9 Å². The molecule has 6 heteroatoms. The third-order valence-corrected chi connectivity index (χ3v) is 6.53. The molecule has 0 bridgehead atoms. The fourth-order valence-corrected chi connectivity index (χ4v) is 4.92. The van der Waals surface area contributed by atoms with E-state index in [4.69, 9.17) is 4.42 Å². The summed E-state index contributed by atoms with van der Waals surface area (Å²) in [6.45, 7) is 3.28. The Kier molecular flexibility index (Phi) is 6.62. The number of carbonyl (C=O) groups is 2. The first kappa shape index (κ1) is 22.4. The van der Waals surface area contributed by atoms with Crippen LogP contribution in [0.3, 0.4) is 0 Å². The van der Waals surface area contributed by atoms with E-state index >= 15 is 0 Å². The average molecular weight is 455 g/mol. The van der Waals surface area contributed by atoms with Crippen molar-refractivity contribution in [1.82, 2.24) is 5.32 Å². The summed E-state index contributed by atoms with van der Waals surface area (Å²) in [5.74, 6) is -0.0799. The number of benzene rings is 2. The minimum atomic E-state index is -0.591. The summed E-state index contributed by atoms with van der Waals surface area (Å²) in [4.78, 5) is 25.2. The molecule has 164 valence electrons. The van der Waals surface area contributed by atoms with Crippen molar-refractivity contribution in [3.63, 3.8) is 0 Å². The first-order valence-corrected chi connectivity index (χ1v) is 11.5. The van der Waals surface area contributed by atoms with Gasteiger partial charge in [0, 0.05) is 16.8 Å². The molecule has 2 aromatic carbocycles. The first-order valence-electron chi connectivity index (χ1n) is 10.5. The monoisotopic (exact) mass is 454 g/mol. The molecule has 4 rings (SSSR count). The van der Waals surface area contributed by atoms with E-state index in [2.05, 4.69) is 11.4 Å². The van der Waals surface area contributed by atoms with E-state index in [0.29, 0.717) is 33.2 Å². The van der Waals surface area contributed by atoms with E-state index in [0.717, 1.165) is 11.1 Å². The first-order chi connectivity index (χ1) is 16.0. The number of ketones is 2. The van der Waals surface area contributed by atoms with Gasteiger partial charge in [0.05, 0.1) is 34.6 Å². The summed E-state index contributed by atoms with van der Waals surface area (Å²) < 4.78 is 5.55. The Morgan fingerprint density at radius 3 is 2.33 bits per heavy atom. The van der Waals surface area contributed by atoms with Crippen LogP contribution in [0.4, 0.5) is 0 Å². The van der Waals surface area contributed by atoms with Crippen LogP contribution in [0.5, 0.6) is 0 Å². The molecule has 5 nitrogen and oxygen atoms in total. The second-order valence-corrected chi connectivity index (χ2v) is 8.66. The Labute approximate surface area is 196 Å². The van der Waals surface area contributed by atoms with Gasteiger partial charge in [-0.3, -0.25) is 9.59 Å². The molecule has 1 atom stereocenters. The molecule has 0 spiro atoms. The Bertz CT molecular complexity index is 1280. The SMILES string of the molecule is CC(=O)C1=C(C)NC(SCC(=O)c2ccc(-c3ccccc3)cc2)=C(C#N)C1c1ccco1. The summed E-state index contributed by atoms with van der Waals surface area (Å²) in [5.41, 5.74) is 4.27. The zero-order valence-electron chi connectivity index (χ0n) is 18.3. The van der Waals surface area contributed by atoms with E-state index in [9.17, 15) is 14.9 Å². The molecule has 2 heterocycles. The van der Waals surface area contributed by atoms with Crippen LogP contribution in [0.15, 0.2) is 99.3 Å². The van der Waals surface area contributed by atoms with Crippen molar-refractivity contribution >= 4 is 23.3 Å². The number of dihydropyridines is 1. The minimum absolute atomic E-state index is 0.0419. The van der Waals surface area contributed by atoms with Gasteiger partial charge in [-0.25, -0.2) is 0 Å². The van der Waals surface area contributed by atoms with Gasteiger partial charge in [0.2, 0.25) is 0 Å². The van der Waals surface area contributed by atoms with E-state index in [1.807, 2.05) is 54.6 Å². The average Bonchev–Trinajstić information content (AvgIpc) is 3.37. The van der Waals surface area contributed by atoms with Gasteiger partial charge in [-0.15, -0.1) is 0 Å². The second kappa shape index (κ2) is 9.76. The highest BCUT2D eigenvalue weighted by Gasteiger charge is 2.34. The molecule has 1 unspecified atom stereocenters. The summed E-state index contributed by atoms with van der Waals surface area (Å²) in [6, 6.07) is 23.2. The normalized spacial score (nSPS) is 15.7. The van der Waals surface area contributed by atoms with Gasteiger partial charge >= 0.3 is 0 Å². The van der Waals surface area contributed by atoms with Crippen LogP contribution in [-0.4, -0.2) is 17.3 Å². The highest BCUT2D eigenvalue weighted by molar-refractivity contribution is 8.03. The van der Waals surface area contributed by atoms with Gasteiger partial charge in [-0.1, -0.05) is 66.4 Å². The number of furan rings is 1. The van der Waals surface area contributed by atoms with E-state index in [-0.39, 0.29) is 17.3 Å². The van der Waals surface area contributed by atoms with Crippen LogP contribution in [0.2, 0.25) is 0 Å². The number of allylic oxidation sites excluding steroid dienone is 3. The van der Waals surface area contributed by atoms with Crippen molar-refractivity contribution in [3.8, 4) is 17.2 Å². The van der Waals surface area contributed by atoms with Gasteiger partial charge in [0.25, 0.3) is 0 Å². The van der Waals surface area contributed by atoms with Gasteiger partial charge in [-0.2, -0.15) is 5.26 Å².